The first-order valence-electron chi connectivity index (χ1n) is 6.63. The fourth-order valence-corrected chi connectivity index (χ4v) is 2.09. The monoisotopic (exact) mass is 337 g/mol. The Balaban J connectivity index is 2.00. The number of carbonyl (C=O) groups is 2. The van der Waals surface area contributed by atoms with E-state index in [2.05, 4.69) is 5.32 Å². The van der Waals surface area contributed by atoms with Crippen molar-refractivity contribution in [1.29, 1.82) is 0 Å². The van der Waals surface area contributed by atoms with Crippen molar-refractivity contribution in [2.75, 3.05) is 11.9 Å². The molecular formula is C16H13ClFNO4. The van der Waals surface area contributed by atoms with Gasteiger partial charge in [-0.1, -0.05) is 29.8 Å². The van der Waals surface area contributed by atoms with Gasteiger partial charge in [0.05, 0.1) is 11.4 Å². The number of hydrogen-bond acceptors (Lipinski definition) is 3. The Bertz CT molecular complexity index is 736. The number of ether oxygens (including phenoxy) is 1. The highest BCUT2D eigenvalue weighted by molar-refractivity contribution is 6.32. The van der Waals surface area contributed by atoms with Gasteiger partial charge in [0.2, 0.25) is 5.91 Å². The van der Waals surface area contributed by atoms with Crippen molar-refractivity contribution in [1.82, 2.24) is 0 Å². The SMILES string of the molecule is O=C(O)COc1ccc(NC(=O)Cc2ccccc2F)cc1Cl. The van der Waals surface area contributed by atoms with Crippen LogP contribution in [0.3, 0.4) is 0 Å². The van der Waals surface area contributed by atoms with Crippen molar-refractivity contribution in [3.8, 4) is 5.75 Å². The summed E-state index contributed by atoms with van der Waals surface area (Å²) in [6.45, 7) is -0.515. The van der Waals surface area contributed by atoms with E-state index in [-0.39, 0.29) is 22.8 Å². The first-order chi connectivity index (χ1) is 11.0. The Morgan fingerprint density at radius 2 is 1.96 bits per heavy atom. The van der Waals surface area contributed by atoms with Crippen molar-refractivity contribution < 1.29 is 23.8 Å². The van der Waals surface area contributed by atoms with E-state index in [1.165, 1.54) is 30.3 Å². The summed E-state index contributed by atoms with van der Waals surface area (Å²) in [5.74, 6) is -1.77. The molecule has 0 unspecified atom stereocenters. The summed E-state index contributed by atoms with van der Waals surface area (Å²) in [7, 11) is 0. The summed E-state index contributed by atoms with van der Waals surface area (Å²) >= 11 is 5.95. The second-order valence-corrected chi connectivity index (χ2v) is 5.05. The number of nitrogens with one attached hydrogen (secondary N) is 1. The van der Waals surface area contributed by atoms with E-state index in [0.717, 1.165) is 0 Å². The van der Waals surface area contributed by atoms with Crippen molar-refractivity contribution in [2.45, 2.75) is 6.42 Å². The molecular weight excluding hydrogens is 325 g/mol. The average molecular weight is 338 g/mol. The summed E-state index contributed by atoms with van der Waals surface area (Å²) in [6, 6.07) is 10.4. The largest absolute Gasteiger partial charge is 0.480 e. The van der Waals surface area contributed by atoms with Crippen LogP contribution in [0.4, 0.5) is 10.1 Å². The number of anilines is 1. The van der Waals surface area contributed by atoms with Gasteiger partial charge in [0, 0.05) is 5.69 Å². The van der Waals surface area contributed by atoms with Gasteiger partial charge >= 0.3 is 5.97 Å². The number of carboxylic acid groups (broad SMARTS) is 1. The highest BCUT2D eigenvalue weighted by Crippen LogP contribution is 2.27. The third-order valence-electron chi connectivity index (χ3n) is 2.88. The highest BCUT2D eigenvalue weighted by Gasteiger charge is 2.10. The number of benzene rings is 2. The van der Waals surface area contributed by atoms with Crippen molar-refractivity contribution in [3.63, 3.8) is 0 Å². The summed E-state index contributed by atoms with van der Waals surface area (Å²) < 4.78 is 18.5. The molecule has 0 saturated heterocycles. The number of aliphatic carboxylic acids is 1. The minimum absolute atomic E-state index is 0.110. The lowest BCUT2D eigenvalue weighted by molar-refractivity contribution is -0.139. The van der Waals surface area contributed by atoms with Gasteiger partial charge in [0.15, 0.2) is 6.61 Å². The lowest BCUT2D eigenvalue weighted by Crippen LogP contribution is -2.15. The molecule has 0 atom stereocenters. The van der Waals surface area contributed by atoms with Crippen LogP contribution in [0.2, 0.25) is 5.02 Å². The van der Waals surface area contributed by atoms with Gasteiger partial charge < -0.3 is 15.2 Å². The molecule has 0 aliphatic carbocycles. The number of carboxylic acids is 1. The molecule has 0 fully saturated rings. The standard InChI is InChI=1S/C16H13ClFNO4/c17-12-8-11(5-6-14(12)23-9-16(21)22)19-15(20)7-10-3-1-2-4-13(10)18/h1-6,8H,7,9H2,(H,19,20)(H,21,22). The molecule has 0 aromatic heterocycles. The van der Waals surface area contributed by atoms with Crippen LogP contribution < -0.4 is 10.1 Å². The van der Waals surface area contributed by atoms with E-state index in [0.29, 0.717) is 5.69 Å². The van der Waals surface area contributed by atoms with Crippen LogP contribution in [0.25, 0.3) is 0 Å². The van der Waals surface area contributed by atoms with Crippen LogP contribution in [0.1, 0.15) is 5.56 Å². The summed E-state index contributed by atoms with van der Waals surface area (Å²) in [4.78, 5) is 22.4. The van der Waals surface area contributed by atoms with Crippen molar-refractivity contribution >= 4 is 29.2 Å². The van der Waals surface area contributed by atoms with Gasteiger partial charge in [-0.3, -0.25) is 4.79 Å². The number of amides is 1. The van der Waals surface area contributed by atoms with E-state index in [1.807, 2.05) is 0 Å². The summed E-state index contributed by atoms with van der Waals surface area (Å²) in [6.07, 6.45) is -0.110. The van der Waals surface area contributed by atoms with Crippen LogP contribution in [-0.4, -0.2) is 23.6 Å². The summed E-state index contributed by atoms with van der Waals surface area (Å²) in [5, 5.41) is 11.3. The zero-order chi connectivity index (χ0) is 16.8. The third-order valence-corrected chi connectivity index (χ3v) is 3.17. The minimum Gasteiger partial charge on any atom is -0.480 e. The maximum absolute atomic E-state index is 13.5. The molecule has 0 spiro atoms. The summed E-state index contributed by atoms with van der Waals surface area (Å²) in [5.41, 5.74) is 0.691. The van der Waals surface area contributed by atoms with Crippen LogP contribution in [0.5, 0.6) is 5.75 Å². The van der Waals surface area contributed by atoms with Crippen molar-refractivity contribution in [2.24, 2.45) is 0 Å². The van der Waals surface area contributed by atoms with E-state index in [9.17, 15) is 14.0 Å². The molecule has 0 bridgehead atoms. The second kappa shape index (κ2) is 7.60. The van der Waals surface area contributed by atoms with Crippen LogP contribution in [0, 0.1) is 5.82 Å². The fraction of sp³-hybridized carbons (Fsp3) is 0.125. The Morgan fingerprint density at radius 1 is 1.22 bits per heavy atom. The zero-order valence-corrected chi connectivity index (χ0v) is 12.6. The molecule has 0 heterocycles. The number of rotatable bonds is 6. The number of halogens is 2. The predicted octanol–water partition coefficient (Wildman–Crippen LogP) is 3.12. The molecule has 5 nitrogen and oxygen atoms in total. The Labute approximate surface area is 136 Å². The molecule has 0 saturated carbocycles. The van der Waals surface area contributed by atoms with E-state index >= 15 is 0 Å². The molecule has 0 aliphatic heterocycles. The van der Waals surface area contributed by atoms with Gasteiger partial charge in [0.1, 0.15) is 11.6 Å². The predicted molar refractivity (Wildman–Crippen MR) is 83.3 cm³/mol. The molecule has 0 aliphatic rings. The topological polar surface area (TPSA) is 75.6 Å². The first-order valence-corrected chi connectivity index (χ1v) is 7.01. The van der Waals surface area contributed by atoms with Gasteiger partial charge in [-0.2, -0.15) is 0 Å². The maximum atomic E-state index is 13.5. The zero-order valence-electron chi connectivity index (χ0n) is 11.9. The van der Waals surface area contributed by atoms with Gasteiger partial charge in [-0.15, -0.1) is 0 Å². The molecule has 1 amide bonds. The van der Waals surface area contributed by atoms with E-state index in [1.54, 1.807) is 12.1 Å². The van der Waals surface area contributed by atoms with Crippen LogP contribution in [0.15, 0.2) is 42.5 Å². The Kier molecular flexibility index (Phi) is 5.54. The van der Waals surface area contributed by atoms with Gasteiger partial charge in [-0.25, -0.2) is 9.18 Å². The normalized spacial score (nSPS) is 10.2. The second-order valence-electron chi connectivity index (χ2n) is 4.64. The smallest absolute Gasteiger partial charge is 0.341 e. The fourth-order valence-electron chi connectivity index (χ4n) is 1.86. The molecule has 120 valence electrons. The van der Waals surface area contributed by atoms with Crippen LogP contribution >= 0.6 is 11.6 Å². The average Bonchev–Trinajstić information content (AvgIpc) is 2.48. The Hall–Kier alpha value is -2.60. The molecule has 2 aromatic rings. The maximum Gasteiger partial charge on any atom is 0.341 e. The van der Waals surface area contributed by atoms with E-state index in [4.69, 9.17) is 21.4 Å². The molecule has 23 heavy (non-hydrogen) atoms. The first kappa shape index (κ1) is 16.8. The molecule has 2 aromatic carbocycles. The Morgan fingerprint density at radius 3 is 2.61 bits per heavy atom. The molecule has 2 rings (SSSR count). The lowest BCUT2D eigenvalue weighted by Gasteiger charge is -2.09. The highest BCUT2D eigenvalue weighted by atomic mass is 35.5. The molecule has 2 N–H and O–H groups in total. The van der Waals surface area contributed by atoms with Crippen molar-refractivity contribution in [3.05, 3.63) is 58.9 Å². The number of carbonyl (C=O) groups excluding carboxylic acids is 1. The van der Waals surface area contributed by atoms with Gasteiger partial charge in [0.25, 0.3) is 0 Å². The van der Waals surface area contributed by atoms with E-state index < -0.39 is 24.3 Å². The van der Waals surface area contributed by atoms with Crippen LogP contribution in [-0.2, 0) is 16.0 Å². The molecule has 7 heteroatoms. The lowest BCUT2D eigenvalue weighted by atomic mass is 10.1. The molecule has 0 radical (unpaired) electrons. The quantitative estimate of drug-likeness (QED) is 0.849. The third kappa shape index (κ3) is 4.96. The van der Waals surface area contributed by atoms with Gasteiger partial charge in [-0.05, 0) is 29.8 Å². The minimum atomic E-state index is -1.12. The number of hydrogen-bond donors (Lipinski definition) is 2.